The zero-order chi connectivity index (χ0) is 13.5. The first kappa shape index (κ1) is 14.3. The summed E-state index contributed by atoms with van der Waals surface area (Å²) < 4.78 is 0. The van der Waals surface area contributed by atoms with E-state index in [1.165, 1.54) is 25.7 Å². The van der Waals surface area contributed by atoms with Crippen molar-refractivity contribution < 1.29 is 4.84 Å². The van der Waals surface area contributed by atoms with E-state index < -0.39 is 0 Å². The lowest BCUT2D eigenvalue weighted by molar-refractivity contribution is -0.216. The second kappa shape index (κ2) is 5.13. The summed E-state index contributed by atoms with van der Waals surface area (Å²) in [4.78, 5) is 6.32. The average molecular weight is 253 g/mol. The van der Waals surface area contributed by atoms with Gasteiger partial charge in [0.2, 0.25) is 0 Å². The van der Waals surface area contributed by atoms with Gasteiger partial charge in [0.05, 0.1) is 5.60 Å². The van der Waals surface area contributed by atoms with E-state index in [2.05, 4.69) is 46.6 Å². The summed E-state index contributed by atoms with van der Waals surface area (Å²) in [5, 5.41) is 2.32. The fourth-order valence-corrected chi connectivity index (χ4v) is 4.16. The van der Waals surface area contributed by atoms with E-state index in [1.54, 1.807) is 0 Å². The van der Waals surface area contributed by atoms with Crippen LogP contribution in [-0.4, -0.2) is 22.7 Å². The molecule has 0 aromatic heterocycles. The molecule has 1 saturated heterocycles. The van der Waals surface area contributed by atoms with Crippen LogP contribution in [0.1, 0.15) is 67.2 Å². The van der Waals surface area contributed by atoms with E-state index in [0.717, 1.165) is 11.8 Å². The molecule has 4 unspecified atom stereocenters. The highest BCUT2D eigenvalue weighted by atomic mass is 16.7. The topological polar surface area (TPSA) is 12.5 Å². The molecule has 0 aromatic rings. The SMILES string of the molecule is CCC1CC(CC)C2C(C1)C(C)(C)ON2C(C)C. The predicted molar refractivity (Wildman–Crippen MR) is 76.2 cm³/mol. The van der Waals surface area contributed by atoms with Crippen LogP contribution < -0.4 is 0 Å². The Morgan fingerprint density at radius 1 is 1.17 bits per heavy atom. The van der Waals surface area contributed by atoms with E-state index in [1.807, 2.05) is 0 Å². The first-order valence-electron chi connectivity index (χ1n) is 7.88. The van der Waals surface area contributed by atoms with Crippen molar-refractivity contribution >= 4 is 0 Å². The second-order valence-corrected chi connectivity index (χ2v) is 7.16. The lowest BCUT2D eigenvalue weighted by atomic mass is 9.65. The molecular weight excluding hydrogens is 222 g/mol. The lowest BCUT2D eigenvalue weighted by Crippen LogP contribution is -2.46. The number of hydrogen-bond acceptors (Lipinski definition) is 2. The van der Waals surface area contributed by atoms with Crippen molar-refractivity contribution in [2.45, 2.75) is 84.9 Å². The number of fused-ring (bicyclic) bond motifs is 1. The molecule has 0 N–H and O–H groups in total. The number of hydroxylamine groups is 2. The van der Waals surface area contributed by atoms with Gasteiger partial charge in [0.25, 0.3) is 0 Å². The highest BCUT2D eigenvalue weighted by Gasteiger charge is 2.54. The highest BCUT2D eigenvalue weighted by molar-refractivity contribution is 5.01. The normalized spacial score (nSPS) is 40.2. The van der Waals surface area contributed by atoms with Gasteiger partial charge in [-0.1, -0.05) is 26.7 Å². The minimum atomic E-state index is 0.0240. The maximum atomic E-state index is 6.32. The Morgan fingerprint density at radius 3 is 2.33 bits per heavy atom. The Kier molecular flexibility index (Phi) is 4.08. The molecular formula is C16H31NO. The van der Waals surface area contributed by atoms with Crippen LogP contribution >= 0.6 is 0 Å². The zero-order valence-corrected chi connectivity index (χ0v) is 13.1. The van der Waals surface area contributed by atoms with Crippen LogP contribution in [0.4, 0.5) is 0 Å². The fourth-order valence-electron chi connectivity index (χ4n) is 4.16. The maximum absolute atomic E-state index is 6.32. The third-order valence-electron chi connectivity index (χ3n) is 5.26. The van der Waals surface area contributed by atoms with Crippen LogP contribution in [0.15, 0.2) is 0 Å². The summed E-state index contributed by atoms with van der Waals surface area (Å²) in [6.45, 7) is 13.8. The summed E-state index contributed by atoms with van der Waals surface area (Å²) in [6.07, 6.45) is 5.38. The van der Waals surface area contributed by atoms with E-state index in [-0.39, 0.29) is 5.60 Å². The summed E-state index contributed by atoms with van der Waals surface area (Å²) >= 11 is 0. The Bertz CT molecular complexity index is 287. The van der Waals surface area contributed by atoms with Crippen LogP contribution in [0, 0.1) is 17.8 Å². The first-order valence-corrected chi connectivity index (χ1v) is 7.88. The second-order valence-electron chi connectivity index (χ2n) is 7.16. The van der Waals surface area contributed by atoms with Crippen molar-refractivity contribution in [1.29, 1.82) is 0 Å². The molecule has 2 nitrogen and oxygen atoms in total. The quantitative estimate of drug-likeness (QED) is 0.745. The summed E-state index contributed by atoms with van der Waals surface area (Å²) in [5.41, 5.74) is 0.0240. The third-order valence-corrected chi connectivity index (χ3v) is 5.26. The molecule has 1 aliphatic carbocycles. The van der Waals surface area contributed by atoms with E-state index in [9.17, 15) is 0 Å². The Hall–Kier alpha value is -0.0800. The molecule has 0 bridgehead atoms. The number of hydrogen-bond donors (Lipinski definition) is 0. The molecule has 0 spiro atoms. The highest BCUT2D eigenvalue weighted by Crippen LogP contribution is 2.50. The number of nitrogens with zero attached hydrogens (tertiary/aromatic N) is 1. The predicted octanol–water partition coefficient (Wildman–Crippen LogP) is 4.25. The van der Waals surface area contributed by atoms with Gasteiger partial charge in [0.1, 0.15) is 0 Å². The molecule has 2 heteroatoms. The van der Waals surface area contributed by atoms with Gasteiger partial charge in [-0.05, 0) is 52.4 Å². The molecule has 1 heterocycles. The van der Waals surface area contributed by atoms with Crippen molar-refractivity contribution in [3.63, 3.8) is 0 Å². The monoisotopic (exact) mass is 253 g/mol. The third kappa shape index (κ3) is 2.34. The Labute approximate surface area is 113 Å². The van der Waals surface area contributed by atoms with Gasteiger partial charge in [-0.15, -0.1) is 0 Å². The van der Waals surface area contributed by atoms with Crippen LogP contribution in [0.3, 0.4) is 0 Å². The first-order chi connectivity index (χ1) is 8.40. The number of rotatable bonds is 3. The lowest BCUT2D eigenvalue weighted by Gasteiger charge is -2.42. The molecule has 2 fully saturated rings. The van der Waals surface area contributed by atoms with Gasteiger partial charge < -0.3 is 0 Å². The van der Waals surface area contributed by atoms with Gasteiger partial charge in [0.15, 0.2) is 0 Å². The average Bonchev–Trinajstić information content (AvgIpc) is 2.61. The van der Waals surface area contributed by atoms with Crippen LogP contribution in [0.2, 0.25) is 0 Å². The van der Waals surface area contributed by atoms with Crippen molar-refractivity contribution in [2.75, 3.05) is 0 Å². The van der Waals surface area contributed by atoms with E-state index in [0.29, 0.717) is 18.0 Å². The molecule has 0 radical (unpaired) electrons. The van der Waals surface area contributed by atoms with Crippen molar-refractivity contribution in [3.05, 3.63) is 0 Å². The zero-order valence-electron chi connectivity index (χ0n) is 13.1. The van der Waals surface area contributed by atoms with Gasteiger partial charge in [0, 0.05) is 18.0 Å². The van der Waals surface area contributed by atoms with Crippen molar-refractivity contribution in [2.24, 2.45) is 17.8 Å². The standard InChI is InChI=1S/C16H31NO/c1-7-12-9-13(8-2)15-14(10-12)16(5,6)18-17(15)11(3)4/h11-15H,7-10H2,1-6H3. The Balaban J connectivity index is 2.26. The van der Waals surface area contributed by atoms with Crippen LogP contribution in [0.5, 0.6) is 0 Å². The maximum Gasteiger partial charge on any atom is 0.0888 e. The van der Waals surface area contributed by atoms with E-state index >= 15 is 0 Å². The van der Waals surface area contributed by atoms with Crippen molar-refractivity contribution in [1.82, 2.24) is 5.06 Å². The van der Waals surface area contributed by atoms with Gasteiger partial charge in [-0.3, -0.25) is 4.84 Å². The molecule has 4 atom stereocenters. The molecule has 1 aliphatic heterocycles. The molecule has 106 valence electrons. The minimum absolute atomic E-state index is 0.0240. The molecule has 1 saturated carbocycles. The summed E-state index contributed by atoms with van der Waals surface area (Å²) in [5.74, 6) is 2.44. The smallest absolute Gasteiger partial charge is 0.0888 e. The molecule has 0 amide bonds. The van der Waals surface area contributed by atoms with Gasteiger partial charge >= 0.3 is 0 Å². The van der Waals surface area contributed by atoms with Crippen LogP contribution in [0.25, 0.3) is 0 Å². The van der Waals surface area contributed by atoms with Crippen molar-refractivity contribution in [3.8, 4) is 0 Å². The van der Waals surface area contributed by atoms with Crippen LogP contribution in [-0.2, 0) is 4.84 Å². The van der Waals surface area contributed by atoms with E-state index in [4.69, 9.17) is 4.84 Å². The molecule has 2 aliphatic rings. The largest absolute Gasteiger partial charge is 0.292 e. The fraction of sp³-hybridized carbons (Fsp3) is 1.00. The molecule has 18 heavy (non-hydrogen) atoms. The molecule has 2 rings (SSSR count). The summed E-state index contributed by atoms with van der Waals surface area (Å²) in [6, 6.07) is 1.14. The summed E-state index contributed by atoms with van der Waals surface area (Å²) in [7, 11) is 0. The molecule has 0 aromatic carbocycles. The van der Waals surface area contributed by atoms with Gasteiger partial charge in [-0.25, -0.2) is 0 Å². The minimum Gasteiger partial charge on any atom is -0.292 e. The van der Waals surface area contributed by atoms with Gasteiger partial charge in [-0.2, -0.15) is 5.06 Å². The Morgan fingerprint density at radius 2 is 1.83 bits per heavy atom.